The first-order chi connectivity index (χ1) is 12.7. The monoisotopic (exact) mass is 396 g/mol. The summed E-state index contributed by atoms with van der Waals surface area (Å²) in [4.78, 5) is 31.1. The standard InChI is InChI=1S/C19H28N4O3.ClH/c20-9-2-12-26-15-7-10-23(11-8-15)18(24)4-1-3-14-5-6-16-17(13-14)22-19(25)21-16;/h5-6,13,15H,1-4,7-12,20H2,(H2,21,22,25);1H. The molecule has 0 radical (unpaired) electrons. The van der Waals surface area contributed by atoms with Crippen molar-refractivity contribution in [2.24, 2.45) is 5.73 Å². The second-order valence-corrected chi connectivity index (χ2v) is 6.91. The van der Waals surface area contributed by atoms with Gasteiger partial charge in [-0.3, -0.25) is 4.79 Å². The number of nitrogens with one attached hydrogen (secondary N) is 2. The number of H-pyrrole nitrogens is 2. The molecule has 1 aliphatic heterocycles. The first-order valence-electron chi connectivity index (χ1n) is 9.46. The third-order valence-corrected chi connectivity index (χ3v) is 4.93. The minimum atomic E-state index is -0.192. The Bertz CT molecular complexity index is 781. The number of carbonyl (C=O) groups is 1. The molecular weight excluding hydrogens is 368 g/mol. The summed E-state index contributed by atoms with van der Waals surface area (Å²) < 4.78 is 5.78. The Kier molecular flexibility index (Phi) is 8.34. The van der Waals surface area contributed by atoms with Crippen LogP contribution in [0.4, 0.5) is 0 Å². The molecule has 1 amide bonds. The minimum absolute atomic E-state index is 0. The van der Waals surface area contributed by atoms with E-state index in [-0.39, 0.29) is 30.1 Å². The quantitative estimate of drug-likeness (QED) is 0.593. The molecule has 0 unspecified atom stereocenters. The number of fused-ring (bicyclic) bond motifs is 1. The molecule has 0 aliphatic carbocycles. The van der Waals surface area contributed by atoms with Crippen molar-refractivity contribution in [2.75, 3.05) is 26.2 Å². The molecule has 4 N–H and O–H groups in total. The predicted molar refractivity (Wildman–Crippen MR) is 108 cm³/mol. The van der Waals surface area contributed by atoms with Crippen LogP contribution in [0, 0.1) is 0 Å². The zero-order chi connectivity index (χ0) is 18.4. The molecule has 0 saturated carbocycles. The summed E-state index contributed by atoms with van der Waals surface area (Å²) in [5.41, 5.74) is 8.04. The van der Waals surface area contributed by atoms with Crippen molar-refractivity contribution in [2.45, 2.75) is 44.6 Å². The van der Waals surface area contributed by atoms with Crippen molar-refractivity contribution in [1.82, 2.24) is 14.9 Å². The van der Waals surface area contributed by atoms with E-state index in [1.54, 1.807) is 0 Å². The number of aromatic amines is 2. The predicted octanol–water partition coefficient (Wildman–Crippen LogP) is 1.96. The van der Waals surface area contributed by atoms with Crippen LogP contribution in [0.1, 0.15) is 37.7 Å². The fourth-order valence-corrected chi connectivity index (χ4v) is 3.44. The number of aryl methyl sites for hydroxylation is 1. The maximum atomic E-state index is 12.4. The van der Waals surface area contributed by atoms with Crippen LogP contribution in [-0.4, -0.2) is 53.1 Å². The molecule has 8 heteroatoms. The molecule has 0 atom stereocenters. The number of aromatic nitrogens is 2. The molecular formula is C19H29ClN4O3. The Labute approximate surface area is 165 Å². The molecule has 27 heavy (non-hydrogen) atoms. The smallest absolute Gasteiger partial charge is 0.323 e. The van der Waals surface area contributed by atoms with Gasteiger partial charge in [0, 0.05) is 26.1 Å². The van der Waals surface area contributed by atoms with Crippen LogP contribution < -0.4 is 11.4 Å². The lowest BCUT2D eigenvalue weighted by Crippen LogP contribution is -2.41. The van der Waals surface area contributed by atoms with E-state index >= 15 is 0 Å². The van der Waals surface area contributed by atoms with Gasteiger partial charge in [-0.2, -0.15) is 0 Å². The normalized spacial score (nSPS) is 15.1. The molecule has 1 saturated heterocycles. The number of halogens is 1. The third-order valence-electron chi connectivity index (χ3n) is 4.93. The fraction of sp³-hybridized carbons (Fsp3) is 0.579. The maximum absolute atomic E-state index is 12.4. The molecule has 1 aliphatic rings. The number of hydrogen-bond acceptors (Lipinski definition) is 4. The van der Waals surface area contributed by atoms with Crippen molar-refractivity contribution in [3.05, 3.63) is 34.2 Å². The highest BCUT2D eigenvalue weighted by molar-refractivity contribution is 5.85. The first-order valence-corrected chi connectivity index (χ1v) is 9.46. The van der Waals surface area contributed by atoms with Gasteiger partial charge in [0.05, 0.1) is 17.1 Å². The van der Waals surface area contributed by atoms with E-state index in [9.17, 15) is 9.59 Å². The van der Waals surface area contributed by atoms with Crippen LogP contribution in [0.5, 0.6) is 0 Å². The maximum Gasteiger partial charge on any atom is 0.323 e. The number of piperidine rings is 1. The lowest BCUT2D eigenvalue weighted by Gasteiger charge is -2.32. The fourth-order valence-electron chi connectivity index (χ4n) is 3.44. The average molecular weight is 397 g/mol. The van der Waals surface area contributed by atoms with E-state index in [2.05, 4.69) is 9.97 Å². The van der Waals surface area contributed by atoms with Gasteiger partial charge in [-0.1, -0.05) is 6.07 Å². The summed E-state index contributed by atoms with van der Waals surface area (Å²) in [6.45, 7) is 2.93. The molecule has 7 nitrogen and oxygen atoms in total. The van der Waals surface area contributed by atoms with Gasteiger partial charge >= 0.3 is 5.69 Å². The van der Waals surface area contributed by atoms with E-state index in [0.717, 1.165) is 61.8 Å². The van der Waals surface area contributed by atoms with Crippen LogP contribution >= 0.6 is 12.4 Å². The number of nitrogens with zero attached hydrogens (tertiary/aromatic N) is 1. The molecule has 2 heterocycles. The number of carbonyl (C=O) groups excluding carboxylic acids is 1. The number of nitrogens with two attached hydrogens (primary N) is 1. The van der Waals surface area contributed by atoms with Gasteiger partial charge in [-0.25, -0.2) is 4.79 Å². The number of ether oxygens (including phenoxy) is 1. The molecule has 3 rings (SSSR count). The number of benzene rings is 1. The molecule has 1 aromatic heterocycles. The van der Waals surface area contributed by atoms with Crippen molar-refractivity contribution in [3.63, 3.8) is 0 Å². The third kappa shape index (κ3) is 6.09. The van der Waals surface area contributed by atoms with Gasteiger partial charge in [0.25, 0.3) is 0 Å². The van der Waals surface area contributed by atoms with Crippen molar-refractivity contribution < 1.29 is 9.53 Å². The van der Waals surface area contributed by atoms with Crippen molar-refractivity contribution in [3.8, 4) is 0 Å². The Morgan fingerprint density at radius 3 is 2.67 bits per heavy atom. The van der Waals surface area contributed by atoms with E-state index in [1.165, 1.54) is 0 Å². The number of hydrogen-bond donors (Lipinski definition) is 3. The topological polar surface area (TPSA) is 104 Å². The second-order valence-electron chi connectivity index (χ2n) is 6.91. The summed E-state index contributed by atoms with van der Waals surface area (Å²) >= 11 is 0. The van der Waals surface area contributed by atoms with Gasteiger partial charge in [0.2, 0.25) is 5.91 Å². The average Bonchev–Trinajstić information content (AvgIpc) is 3.02. The Hall–Kier alpha value is -1.83. The van der Waals surface area contributed by atoms with Crippen LogP contribution in [0.15, 0.2) is 23.0 Å². The second kappa shape index (κ2) is 10.5. The summed E-state index contributed by atoms with van der Waals surface area (Å²) in [6.07, 6.45) is 5.17. The van der Waals surface area contributed by atoms with Gasteiger partial charge in [0.1, 0.15) is 0 Å². The summed E-state index contributed by atoms with van der Waals surface area (Å²) in [5, 5.41) is 0. The zero-order valence-electron chi connectivity index (χ0n) is 15.5. The highest BCUT2D eigenvalue weighted by Gasteiger charge is 2.22. The Morgan fingerprint density at radius 1 is 1.19 bits per heavy atom. The lowest BCUT2D eigenvalue weighted by molar-refractivity contribution is -0.133. The first kappa shape index (κ1) is 21.5. The van der Waals surface area contributed by atoms with Gasteiger partial charge < -0.3 is 25.3 Å². The van der Waals surface area contributed by atoms with Crippen molar-refractivity contribution in [1.29, 1.82) is 0 Å². The molecule has 1 aromatic carbocycles. The molecule has 1 fully saturated rings. The van der Waals surface area contributed by atoms with Crippen LogP contribution in [0.25, 0.3) is 11.0 Å². The van der Waals surface area contributed by atoms with Gasteiger partial charge in [0.15, 0.2) is 0 Å². The summed E-state index contributed by atoms with van der Waals surface area (Å²) in [6, 6.07) is 5.88. The van der Waals surface area contributed by atoms with Gasteiger partial charge in [-0.15, -0.1) is 12.4 Å². The van der Waals surface area contributed by atoms with E-state index in [4.69, 9.17) is 10.5 Å². The summed E-state index contributed by atoms with van der Waals surface area (Å²) in [5.74, 6) is 0.224. The van der Waals surface area contributed by atoms with E-state index < -0.39 is 0 Å². The Morgan fingerprint density at radius 2 is 1.93 bits per heavy atom. The largest absolute Gasteiger partial charge is 0.378 e. The Balaban J connectivity index is 0.00000261. The lowest BCUT2D eigenvalue weighted by atomic mass is 10.0. The van der Waals surface area contributed by atoms with Crippen LogP contribution in [-0.2, 0) is 16.0 Å². The molecule has 2 aromatic rings. The molecule has 0 bridgehead atoms. The molecule has 150 valence electrons. The highest BCUT2D eigenvalue weighted by atomic mass is 35.5. The zero-order valence-corrected chi connectivity index (χ0v) is 16.4. The SMILES string of the molecule is Cl.NCCCOC1CCN(C(=O)CCCc2ccc3[nH]c(=O)[nH]c3c2)CC1. The van der Waals surface area contributed by atoms with Crippen molar-refractivity contribution >= 4 is 29.3 Å². The number of amides is 1. The van der Waals surface area contributed by atoms with Crippen LogP contribution in [0.3, 0.4) is 0 Å². The van der Waals surface area contributed by atoms with E-state index in [0.29, 0.717) is 19.6 Å². The number of rotatable bonds is 8. The minimum Gasteiger partial charge on any atom is -0.378 e. The highest BCUT2D eigenvalue weighted by Crippen LogP contribution is 2.17. The van der Waals surface area contributed by atoms with Gasteiger partial charge in [-0.05, 0) is 56.3 Å². The summed E-state index contributed by atoms with van der Waals surface area (Å²) in [7, 11) is 0. The number of likely N-dealkylation sites (tertiary alicyclic amines) is 1. The molecule has 0 spiro atoms. The number of imidazole rings is 1. The van der Waals surface area contributed by atoms with E-state index in [1.807, 2.05) is 23.1 Å². The van der Waals surface area contributed by atoms with Crippen LogP contribution in [0.2, 0.25) is 0 Å².